The van der Waals surface area contributed by atoms with Crippen LogP contribution in [0.5, 0.6) is 11.5 Å². The first kappa shape index (κ1) is 14.3. The molecule has 108 valence electrons. The molecule has 1 heterocycles. The number of hydrogen-bond donors (Lipinski definition) is 1. The maximum Gasteiger partial charge on any atom is 0.264 e. The van der Waals surface area contributed by atoms with Crippen molar-refractivity contribution in [2.24, 2.45) is 5.73 Å². The summed E-state index contributed by atoms with van der Waals surface area (Å²) < 4.78 is 16.0. The SMILES string of the molecule is CCc1noc(COc2ccc([C@@H](C)N)cc2OC)n1. The molecular formula is C14H19N3O3. The molecule has 0 bridgehead atoms. The first-order valence-corrected chi connectivity index (χ1v) is 6.51. The van der Waals surface area contributed by atoms with E-state index in [1.807, 2.05) is 32.0 Å². The molecule has 6 nitrogen and oxygen atoms in total. The molecule has 1 atom stereocenters. The minimum atomic E-state index is -0.0546. The van der Waals surface area contributed by atoms with Gasteiger partial charge in [0.05, 0.1) is 7.11 Å². The Kier molecular flexibility index (Phi) is 4.57. The monoisotopic (exact) mass is 277 g/mol. The normalized spacial score (nSPS) is 12.2. The lowest BCUT2D eigenvalue weighted by molar-refractivity contribution is 0.233. The van der Waals surface area contributed by atoms with Crippen molar-refractivity contribution in [2.75, 3.05) is 7.11 Å². The van der Waals surface area contributed by atoms with E-state index in [2.05, 4.69) is 10.1 Å². The lowest BCUT2D eigenvalue weighted by Crippen LogP contribution is -2.06. The van der Waals surface area contributed by atoms with Crippen molar-refractivity contribution in [3.8, 4) is 11.5 Å². The van der Waals surface area contributed by atoms with E-state index in [4.69, 9.17) is 19.7 Å². The van der Waals surface area contributed by atoms with Crippen LogP contribution in [0.4, 0.5) is 0 Å². The van der Waals surface area contributed by atoms with Crippen LogP contribution in [0.3, 0.4) is 0 Å². The maximum absolute atomic E-state index is 5.84. The van der Waals surface area contributed by atoms with Crippen molar-refractivity contribution in [1.29, 1.82) is 0 Å². The van der Waals surface area contributed by atoms with Crippen molar-refractivity contribution < 1.29 is 14.0 Å². The molecule has 0 unspecified atom stereocenters. The number of methoxy groups -OCH3 is 1. The smallest absolute Gasteiger partial charge is 0.264 e. The van der Waals surface area contributed by atoms with Gasteiger partial charge in [-0.2, -0.15) is 4.98 Å². The Morgan fingerprint density at radius 1 is 1.35 bits per heavy atom. The standard InChI is InChI=1S/C14H19N3O3/c1-4-13-16-14(20-17-13)8-19-11-6-5-10(9(2)15)7-12(11)18-3/h5-7,9H,4,8,15H2,1-3H3/t9-/m1/s1. The summed E-state index contributed by atoms with van der Waals surface area (Å²) in [6.45, 7) is 4.09. The van der Waals surface area contributed by atoms with Gasteiger partial charge in [0.25, 0.3) is 5.89 Å². The van der Waals surface area contributed by atoms with E-state index in [9.17, 15) is 0 Å². The van der Waals surface area contributed by atoms with Gasteiger partial charge in [-0.15, -0.1) is 0 Å². The molecule has 0 radical (unpaired) electrons. The van der Waals surface area contributed by atoms with Gasteiger partial charge in [-0.05, 0) is 24.6 Å². The molecular weight excluding hydrogens is 258 g/mol. The van der Waals surface area contributed by atoms with Gasteiger partial charge in [0.15, 0.2) is 23.9 Å². The van der Waals surface area contributed by atoms with Crippen LogP contribution in [0.1, 0.15) is 37.2 Å². The average Bonchev–Trinajstić information content (AvgIpc) is 2.92. The van der Waals surface area contributed by atoms with Crippen molar-refractivity contribution >= 4 is 0 Å². The summed E-state index contributed by atoms with van der Waals surface area (Å²) in [5.74, 6) is 2.37. The number of ether oxygens (including phenoxy) is 2. The summed E-state index contributed by atoms with van der Waals surface area (Å²) in [5.41, 5.74) is 6.83. The maximum atomic E-state index is 5.84. The summed E-state index contributed by atoms with van der Waals surface area (Å²) in [6, 6.07) is 5.55. The summed E-state index contributed by atoms with van der Waals surface area (Å²) in [6.07, 6.45) is 0.732. The minimum Gasteiger partial charge on any atom is -0.493 e. The molecule has 2 N–H and O–H groups in total. The number of nitrogens with zero attached hydrogens (tertiary/aromatic N) is 2. The summed E-state index contributed by atoms with van der Waals surface area (Å²) >= 11 is 0. The van der Waals surface area contributed by atoms with E-state index in [0.29, 0.717) is 23.2 Å². The van der Waals surface area contributed by atoms with Crippen LogP contribution in [0, 0.1) is 0 Å². The van der Waals surface area contributed by atoms with E-state index < -0.39 is 0 Å². The number of aryl methyl sites for hydroxylation is 1. The molecule has 0 amide bonds. The molecule has 0 saturated carbocycles. The average molecular weight is 277 g/mol. The minimum absolute atomic E-state index is 0.0546. The molecule has 0 fully saturated rings. The number of aromatic nitrogens is 2. The topological polar surface area (TPSA) is 83.4 Å². The zero-order chi connectivity index (χ0) is 14.5. The number of rotatable bonds is 6. The second-order valence-corrected chi connectivity index (χ2v) is 4.45. The van der Waals surface area contributed by atoms with Gasteiger partial charge < -0.3 is 19.7 Å². The van der Waals surface area contributed by atoms with Crippen molar-refractivity contribution in [3.63, 3.8) is 0 Å². The van der Waals surface area contributed by atoms with E-state index >= 15 is 0 Å². The van der Waals surface area contributed by atoms with E-state index in [1.54, 1.807) is 7.11 Å². The van der Waals surface area contributed by atoms with Crippen LogP contribution in [-0.4, -0.2) is 17.3 Å². The van der Waals surface area contributed by atoms with Crippen LogP contribution in [-0.2, 0) is 13.0 Å². The predicted octanol–water partition coefficient (Wildman–Crippen LogP) is 2.24. The third kappa shape index (κ3) is 3.27. The van der Waals surface area contributed by atoms with Crippen LogP contribution in [0.25, 0.3) is 0 Å². The summed E-state index contributed by atoms with van der Waals surface area (Å²) in [4.78, 5) is 4.18. The number of nitrogens with two attached hydrogens (primary N) is 1. The molecule has 0 spiro atoms. The predicted molar refractivity (Wildman–Crippen MR) is 73.6 cm³/mol. The van der Waals surface area contributed by atoms with E-state index in [0.717, 1.165) is 12.0 Å². The highest BCUT2D eigenvalue weighted by Gasteiger charge is 2.10. The van der Waals surface area contributed by atoms with Gasteiger partial charge in [-0.3, -0.25) is 0 Å². The molecule has 1 aromatic carbocycles. The molecule has 0 aliphatic heterocycles. The Balaban J connectivity index is 2.08. The Morgan fingerprint density at radius 2 is 2.15 bits per heavy atom. The highest BCUT2D eigenvalue weighted by molar-refractivity contribution is 5.43. The highest BCUT2D eigenvalue weighted by Crippen LogP contribution is 2.30. The van der Waals surface area contributed by atoms with Gasteiger partial charge in [0, 0.05) is 12.5 Å². The highest BCUT2D eigenvalue weighted by atomic mass is 16.5. The van der Waals surface area contributed by atoms with Gasteiger partial charge in [0.1, 0.15) is 0 Å². The van der Waals surface area contributed by atoms with E-state index in [-0.39, 0.29) is 12.6 Å². The zero-order valence-electron chi connectivity index (χ0n) is 11.9. The number of benzene rings is 1. The fourth-order valence-electron chi connectivity index (χ4n) is 1.72. The summed E-state index contributed by atoms with van der Waals surface area (Å²) in [7, 11) is 1.59. The van der Waals surface area contributed by atoms with Crippen LogP contribution < -0.4 is 15.2 Å². The van der Waals surface area contributed by atoms with E-state index in [1.165, 1.54) is 0 Å². The van der Waals surface area contributed by atoms with Gasteiger partial charge in [-0.25, -0.2) is 0 Å². The second-order valence-electron chi connectivity index (χ2n) is 4.45. The van der Waals surface area contributed by atoms with Gasteiger partial charge in [-0.1, -0.05) is 18.1 Å². The Labute approximate surface area is 117 Å². The van der Waals surface area contributed by atoms with Gasteiger partial charge in [0.2, 0.25) is 0 Å². The molecule has 0 aliphatic carbocycles. The molecule has 0 saturated heterocycles. The molecule has 20 heavy (non-hydrogen) atoms. The number of hydrogen-bond acceptors (Lipinski definition) is 6. The molecule has 0 aliphatic rings. The fourth-order valence-corrected chi connectivity index (χ4v) is 1.72. The Bertz CT molecular complexity index is 567. The first-order chi connectivity index (χ1) is 9.63. The molecule has 6 heteroatoms. The third-order valence-corrected chi connectivity index (χ3v) is 2.89. The van der Waals surface area contributed by atoms with Crippen LogP contribution in [0.15, 0.2) is 22.7 Å². The third-order valence-electron chi connectivity index (χ3n) is 2.89. The van der Waals surface area contributed by atoms with Crippen molar-refractivity contribution in [3.05, 3.63) is 35.5 Å². The zero-order valence-corrected chi connectivity index (χ0v) is 11.9. The Hall–Kier alpha value is -2.08. The molecule has 2 aromatic rings. The summed E-state index contributed by atoms with van der Waals surface area (Å²) in [5, 5.41) is 3.81. The quantitative estimate of drug-likeness (QED) is 0.871. The molecule has 1 aromatic heterocycles. The Morgan fingerprint density at radius 3 is 2.75 bits per heavy atom. The van der Waals surface area contributed by atoms with Gasteiger partial charge >= 0.3 is 0 Å². The lowest BCUT2D eigenvalue weighted by atomic mass is 10.1. The largest absolute Gasteiger partial charge is 0.493 e. The lowest BCUT2D eigenvalue weighted by Gasteiger charge is -2.12. The van der Waals surface area contributed by atoms with Crippen LogP contribution in [0.2, 0.25) is 0 Å². The molecule has 2 rings (SSSR count). The van der Waals surface area contributed by atoms with Crippen molar-refractivity contribution in [2.45, 2.75) is 32.9 Å². The second kappa shape index (κ2) is 6.38. The van der Waals surface area contributed by atoms with Crippen molar-refractivity contribution in [1.82, 2.24) is 10.1 Å². The fraction of sp³-hybridized carbons (Fsp3) is 0.429. The first-order valence-electron chi connectivity index (χ1n) is 6.51. The van der Waals surface area contributed by atoms with Crippen LogP contribution >= 0.6 is 0 Å².